The Morgan fingerprint density at radius 1 is 1.50 bits per heavy atom. The van der Waals surface area contributed by atoms with Crippen molar-refractivity contribution in [3.8, 4) is 5.75 Å². The van der Waals surface area contributed by atoms with Gasteiger partial charge in [0.2, 0.25) is 0 Å². The summed E-state index contributed by atoms with van der Waals surface area (Å²) in [7, 11) is 5.65. The molecule has 1 atom stereocenters. The quantitative estimate of drug-likeness (QED) is 0.815. The molecule has 0 amide bonds. The Morgan fingerprint density at radius 2 is 2.12 bits per heavy atom. The van der Waals surface area contributed by atoms with E-state index in [4.69, 9.17) is 10.5 Å². The summed E-state index contributed by atoms with van der Waals surface area (Å²) in [5.74, 6) is 0.767. The minimum Gasteiger partial charge on any atom is -0.493 e. The third kappa shape index (κ3) is 2.74. The van der Waals surface area contributed by atoms with Crippen LogP contribution in [0.1, 0.15) is 31.6 Å². The van der Waals surface area contributed by atoms with Gasteiger partial charge in [-0.05, 0) is 27.9 Å². The Kier molecular flexibility index (Phi) is 4.32. The highest BCUT2D eigenvalue weighted by molar-refractivity contribution is 5.28. The molecule has 0 aliphatic carbocycles. The van der Waals surface area contributed by atoms with Crippen LogP contribution in [0.15, 0.2) is 6.20 Å². The van der Waals surface area contributed by atoms with Crippen LogP contribution < -0.4 is 10.5 Å². The molecule has 0 aromatic carbocycles. The maximum atomic E-state index is 6.17. The molecule has 0 saturated carbocycles. The molecule has 5 nitrogen and oxygen atoms in total. The monoisotopic (exact) mass is 226 g/mol. The molecule has 0 fully saturated rings. The van der Waals surface area contributed by atoms with Crippen molar-refractivity contribution in [2.75, 3.05) is 27.7 Å². The number of hydrogen-bond donors (Lipinski definition) is 1. The number of methoxy groups -OCH3 is 1. The second kappa shape index (κ2) is 5.32. The predicted molar refractivity (Wildman–Crippen MR) is 64.6 cm³/mol. The topological polar surface area (TPSA) is 56.3 Å². The van der Waals surface area contributed by atoms with Crippen molar-refractivity contribution in [2.24, 2.45) is 5.73 Å². The molecule has 0 aliphatic heterocycles. The summed E-state index contributed by atoms with van der Waals surface area (Å²) in [5.41, 5.74) is 7.14. The Labute approximate surface area is 97.2 Å². The fraction of sp³-hybridized carbons (Fsp3) is 0.727. The smallest absolute Gasteiger partial charge is 0.161 e. The number of likely N-dealkylation sites (N-methyl/N-ethyl adjacent to an activating group) is 1. The van der Waals surface area contributed by atoms with E-state index in [2.05, 4.69) is 23.8 Å². The Morgan fingerprint density at radius 3 is 2.56 bits per heavy atom. The highest BCUT2D eigenvalue weighted by Gasteiger charge is 2.20. The summed E-state index contributed by atoms with van der Waals surface area (Å²) in [4.78, 5) is 2.06. The van der Waals surface area contributed by atoms with Crippen LogP contribution in [-0.4, -0.2) is 42.4 Å². The molecular formula is C11H22N4O. The van der Waals surface area contributed by atoms with E-state index in [0.717, 1.165) is 18.0 Å². The van der Waals surface area contributed by atoms with Gasteiger partial charge in [-0.25, -0.2) is 0 Å². The normalized spacial score (nSPS) is 13.5. The number of ether oxygens (including phenoxy) is 1. The lowest BCUT2D eigenvalue weighted by atomic mass is 10.2. The first-order chi connectivity index (χ1) is 7.47. The molecule has 0 spiro atoms. The van der Waals surface area contributed by atoms with Crippen molar-refractivity contribution >= 4 is 0 Å². The van der Waals surface area contributed by atoms with E-state index in [9.17, 15) is 0 Å². The van der Waals surface area contributed by atoms with E-state index in [1.807, 2.05) is 18.8 Å². The van der Waals surface area contributed by atoms with Crippen LogP contribution in [0.25, 0.3) is 0 Å². The van der Waals surface area contributed by atoms with Gasteiger partial charge < -0.3 is 15.4 Å². The first kappa shape index (κ1) is 13.0. The average molecular weight is 226 g/mol. The Balaban J connectivity index is 3.02. The highest BCUT2D eigenvalue weighted by Crippen LogP contribution is 2.26. The standard InChI is InChI=1S/C11H22N4O/c1-8(2)15-11(9(12)7-14(3)4)10(16-5)6-13-15/h6,8-9H,7,12H2,1-5H3. The van der Waals surface area contributed by atoms with Crippen molar-refractivity contribution in [3.63, 3.8) is 0 Å². The van der Waals surface area contributed by atoms with Crippen LogP contribution in [0, 0.1) is 0 Å². The molecule has 5 heteroatoms. The lowest BCUT2D eigenvalue weighted by Gasteiger charge is -2.20. The maximum Gasteiger partial charge on any atom is 0.161 e. The van der Waals surface area contributed by atoms with Gasteiger partial charge in [-0.2, -0.15) is 5.10 Å². The first-order valence-corrected chi connectivity index (χ1v) is 5.49. The molecule has 0 radical (unpaired) electrons. The zero-order valence-corrected chi connectivity index (χ0v) is 10.8. The van der Waals surface area contributed by atoms with E-state index < -0.39 is 0 Å². The third-order valence-electron chi connectivity index (χ3n) is 2.42. The van der Waals surface area contributed by atoms with Crippen LogP contribution in [-0.2, 0) is 0 Å². The second-order valence-electron chi connectivity index (χ2n) is 4.51. The molecule has 1 aromatic heterocycles. The summed E-state index contributed by atoms with van der Waals surface area (Å²) in [5, 5.41) is 4.31. The number of nitrogens with two attached hydrogens (primary N) is 1. The summed E-state index contributed by atoms with van der Waals surface area (Å²) >= 11 is 0. The molecule has 0 aliphatic rings. The molecular weight excluding hydrogens is 204 g/mol. The summed E-state index contributed by atoms with van der Waals surface area (Å²) in [6.45, 7) is 4.94. The largest absolute Gasteiger partial charge is 0.493 e. The second-order valence-corrected chi connectivity index (χ2v) is 4.51. The molecule has 1 aromatic rings. The summed E-state index contributed by atoms with van der Waals surface area (Å²) in [6, 6.07) is 0.196. The lowest BCUT2D eigenvalue weighted by molar-refractivity contribution is 0.346. The minimum atomic E-state index is -0.0881. The van der Waals surface area contributed by atoms with Gasteiger partial charge >= 0.3 is 0 Å². The van der Waals surface area contributed by atoms with Crippen molar-refractivity contribution in [1.29, 1.82) is 0 Å². The van der Waals surface area contributed by atoms with Gasteiger partial charge in [0.25, 0.3) is 0 Å². The minimum absolute atomic E-state index is 0.0881. The van der Waals surface area contributed by atoms with E-state index in [1.54, 1.807) is 13.3 Å². The zero-order valence-electron chi connectivity index (χ0n) is 10.8. The van der Waals surface area contributed by atoms with Gasteiger partial charge in [0, 0.05) is 12.6 Å². The number of rotatable bonds is 5. The summed E-state index contributed by atoms with van der Waals surface area (Å²) < 4.78 is 7.22. The molecule has 0 bridgehead atoms. The fourth-order valence-electron chi connectivity index (χ4n) is 1.76. The van der Waals surface area contributed by atoms with Crippen molar-refractivity contribution in [1.82, 2.24) is 14.7 Å². The molecule has 16 heavy (non-hydrogen) atoms. The lowest BCUT2D eigenvalue weighted by Crippen LogP contribution is -2.28. The predicted octanol–water partition coefficient (Wildman–Crippen LogP) is 1.03. The van der Waals surface area contributed by atoms with Crippen molar-refractivity contribution < 1.29 is 4.74 Å². The van der Waals surface area contributed by atoms with E-state index in [0.29, 0.717) is 0 Å². The van der Waals surface area contributed by atoms with Crippen LogP contribution in [0.5, 0.6) is 5.75 Å². The zero-order chi connectivity index (χ0) is 12.3. The number of aromatic nitrogens is 2. The Bertz CT molecular complexity index is 333. The van der Waals surface area contributed by atoms with Crippen molar-refractivity contribution in [3.05, 3.63) is 11.9 Å². The average Bonchev–Trinajstić information content (AvgIpc) is 2.59. The van der Waals surface area contributed by atoms with Crippen LogP contribution in [0.3, 0.4) is 0 Å². The SMILES string of the molecule is COc1cnn(C(C)C)c1C(N)CN(C)C. The maximum absolute atomic E-state index is 6.17. The molecule has 2 N–H and O–H groups in total. The van der Waals surface area contributed by atoms with E-state index >= 15 is 0 Å². The highest BCUT2D eigenvalue weighted by atomic mass is 16.5. The molecule has 0 saturated heterocycles. The van der Waals surface area contributed by atoms with Gasteiger partial charge in [0.05, 0.1) is 25.0 Å². The van der Waals surface area contributed by atoms with Gasteiger partial charge in [0.1, 0.15) is 0 Å². The van der Waals surface area contributed by atoms with Gasteiger partial charge in [-0.1, -0.05) is 0 Å². The number of nitrogens with zero attached hydrogens (tertiary/aromatic N) is 3. The first-order valence-electron chi connectivity index (χ1n) is 5.49. The molecule has 1 unspecified atom stereocenters. The van der Waals surface area contributed by atoms with Crippen LogP contribution in [0.4, 0.5) is 0 Å². The van der Waals surface area contributed by atoms with E-state index in [1.165, 1.54) is 0 Å². The van der Waals surface area contributed by atoms with Crippen LogP contribution >= 0.6 is 0 Å². The molecule has 1 heterocycles. The van der Waals surface area contributed by atoms with Gasteiger partial charge in [-0.15, -0.1) is 0 Å². The molecule has 92 valence electrons. The fourth-order valence-corrected chi connectivity index (χ4v) is 1.76. The van der Waals surface area contributed by atoms with Gasteiger partial charge in [-0.3, -0.25) is 4.68 Å². The summed E-state index contributed by atoms with van der Waals surface area (Å²) in [6.07, 6.45) is 1.73. The van der Waals surface area contributed by atoms with Gasteiger partial charge in [0.15, 0.2) is 5.75 Å². The van der Waals surface area contributed by atoms with Crippen LogP contribution in [0.2, 0.25) is 0 Å². The number of hydrogen-bond acceptors (Lipinski definition) is 4. The van der Waals surface area contributed by atoms with E-state index in [-0.39, 0.29) is 12.1 Å². The molecule has 1 rings (SSSR count). The Hall–Kier alpha value is -1.07. The third-order valence-corrected chi connectivity index (χ3v) is 2.42. The van der Waals surface area contributed by atoms with Crippen molar-refractivity contribution in [2.45, 2.75) is 25.9 Å².